The largest absolute Gasteiger partial charge is 0.787 e. The molecule has 1 unspecified atom stereocenters. The van der Waals surface area contributed by atoms with E-state index in [9.17, 15) is 14.8 Å². The molecule has 1 N–H and O–H groups in total. The van der Waals surface area contributed by atoms with Gasteiger partial charge in [0.1, 0.15) is 0 Å². The molecule has 0 aliphatic carbocycles. The summed E-state index contributed by atoms with van der Waals surface area (Å²) in [5.41, 5.74) is 1.37. The third-order valence-electron chi connectivity index (χ3n) is 0.695. The summed E-state index contributed by atoms with van der Waals surface area (Å²) in [6.07, 6.45) is 0. The van der Waals surface area contributed by atoms with Crippen LogP contribution in [0.1, 0.15) is 6.92 Å². The average molecular weight is 132 g/mol. The Balaban J connectivity index is 3.58. The zero-order valence-corrected chi connectivity index (χ0v) is 4.79. The van der Waals surface area contributed by atoms with Crippen molar-refractivity contribution in [2.24, 2.45) is 0 Å². The molecule has 0 saturated carbocycles. The van der Waals surface area contributed by atoms with Gasteiger partial charge in [-0.3, -0.25) is 4.79 Å². The Morgan fingerprint density at radius 3 is 2.78 bits per heavy atom. The number of hydroxylamine groups is 1. The topological polar surface area (TPSA) is 78.5 Å². The Bertz CT molecular complexity index is 113. The molecule has 0 aromatic heterocycles. The van der Waals surface area contributed by atoms with Crippen LogP contribution in [-0.4, -0.2) is 18.5 Å². The maximum Gasteiger partial charge on any atom is 0.329 e. The van der Waals surface area contributed by atoms with Gasteiger partial charge < -0.3 is 15.4 Å². The quantitative estimate of drug-likeness (QED) is 0.234. The molecule has 0 amide bonds. The molecule has 0 aliphatic rings. The van der Waals surface area contributed by atoms with Crippen molar-refractivity contribution >= 4 is 12.4 Å². The van der Waals surface area contributed by atoms with Crippen LogP contribution in [0.15, 0.2) is 0 Å². The van der Waals surface area contributed by atoms with Crippen molar-refractivity contribution in [1.82, 2.24) is 5.48 Å². The van der Waals surface area contributed by atoms with E-state index in [0.29, 0.717) is 0 Å². The van der Waals surface area contributed by atoms with E-state index in [2.05, 4.69) is 4.74 Å². The molecule has 0 heterocycles. The van der Waals surface area contributed by atoms with Gasteiger partial charge in [-0.2, -0.15) is 0 Å². The van der Waals surface area contributed by atoms with Crippen molar-refractivity contribution < 1.29 is 14.3 Å². The van der Waals surface area contributed by atoms with Crippen LogP contribution in [0, 0.1) is 5.21 Å². The van der Waals surface area contributed by atoms with Gasteiger partial charge in [0.05, 0.1) is 6.04 Å². The number of ether oxygens (including phenoxy) is 1. The SMILES string of the molecule is CC(N[O-])C(=O)OC=O. The minimum atomic E-state index is -0.977. The molecule has 0 rings (SSSR count). The van der Waals surface area contributed by atoms with Gasteiger partial charge in [-0.15, -0.1) is 0 Å². The molecule has 0 saturated heterocycles. The fraction of sp³-hybridized carbons (Fsp3) is 0.500. The fourth-order valence-electron chi connectivity index (χ4n) is 0.198. The van der Waals surface area contributed by atoms with Crippen LogP contribution in [0.5, 0.6) is 0 Å². The summed E-state index contributed by atoms with van der Waals surface area (Å²) >= 11 is 0. The highest BCUT2D eigenvalue weighted by Gasteiger charge is 2.07. The van der Waals surface area contributed by atoms with Crippen LogP contribution in [-0.2, 0) is 14.3 Å². The summed E-state index contributed by atoms with van der Waals surface area (Å²) in [6.45, 7) is 1.27. The minimum absolute atomic E-state index is 0.0177. The standard InChI is InChI=1S/C4H6NO4/c1-3(5-8)4(7)9-2-6/h2-3,5H,1H3/q-1. The van der Waals surface area contributed by atoms with Crippen molar-refractivity contribution in [2.45, 2.75) is 13.0 Å². The van der Waals surface area contributed by atoms with Crippen molar-refractivity contribution in [2.75, 3.05) is 0 Å². The van der Waals surface area contributed by atoms with Crippen LogP contribution < -0.4 is 5.48 Å². The maximum atomic E-state index is 10.3. The van der Waals surface area contributed by atoms with E-state index < -0.39 is 12.0 Å². The first-order chi connectivity index (χ1) is 4.22. The summed E-state index contributed by atoms with van der Waals surface area (Å²) in [7, 11) is 0. The number of carbonyl (C=O) groups is 2. The molecular weight excluding hydrogens is 126 g/mol. The first kappa shape index (κ1) is 8.06. The number of rotatable bonds is 3. The molecule has 5 nitrogen and oxygen atoms in total. The molecular formula is C4H6NO4-. The number of carbonyl (C=O) groups excluding carboxylic acids is 2. The molecule has 0 aromatic carbocycles. The molecule has 0 fully saturated rings. The summed E-state index contributed by atoms with van der Waals surface area (Å²) < 4.78 is 3.81. The lowest BCUT2D eigenvalue weighted by Crippen LogP contribution is -2.30. The molecule has 0 aliphatic heterocycles. The van der Waals surface area contributed by atoms with Crippen LogP contribution >= 0.6 is 0 Å². The number of hydrogen-bond donors (Lipinski definition) is 1. The lowest BCUT2D eigenvalue weighted by molar-refractivity contribution is -0.152. The lowest BCUT2D eigenvalue weighted by atomic mass is 10.4. The van der Waals surface area contributed by atoms with E-state index in [1.807, 2.05) is 0 Å². The highest BCUT2D eigenvalue weighted by molar-refractivity contribution is 5.80. The number of hydrogen-bond acceptors (Lipinski definition) is 5. The van der Waals surface area contributed by atoms with Gasteiger partial charge in [-0.25, -0.2) is 4.79 Å². The van der Waals surface area contributed by atoms with Gasteiger partial charge in [0.2, 0.25) is 0 Å². The fourth-order valence-corrected chi connectivity index (χ4v) is 0.198. The van der Waals surface area contributed by atoms with Crippen LogP contribution in [0.25, 0.3) is 0 Å². The third kappa shape index (κ3) is 2.78. The van der Waals surface area contributed by atoms with Gasteiger partial charge in [0, 0.05) is 0 Å². The monoisotopic (exact) mass is 132 g/mol. The van der Waals surface area contributed by atoms with Crippen molar-refractivity contribution in [3.05, 3.63) is 5.21 Å². The molecule has 5 heteroatoms. The molecule has 1 atom stereocenters. The maximum absolute atomic E-state index is 10.3. The zero-order valence-electron chi connectivity index (χ0n) is 4.79. The smallest absolute Gasteiger partial charge is 0.329 e. The van der Waals surface area contributed by atoms with Gasteiger partial charge in [0.25, 0.3) is 0 Å². The summed E-state index contributed by atoms with van der Waals surface area (Å²) in [5, 5.41) is 9.68. The molecule has 9 heavy (non-hydrogen) atoms. The van der Waals surface area contributed by atoms with Gasteiger partial charge >= 0.3 is 12.4 Å². The highest BCUT2D eigenvalue weighted by Crippen LogP contribution is 1.82. The van der Waals surface area contributed by atoms with Gasteiger partial charge in [-0.1, -0.05) is 0 Å². The third-order valence-corrected chi connectivity index (χ3v) is 0.695. The molecule has 0 spiro atoms. The lowest BCUT2D eigenvalue weighted by Gasteiger charge is -2.12. The van der Waals surface area contributed by atoms with E-state index in [1.54, 1.807) is 0 Å². The van der Waals surface area contributed by atoms with E-state index in [-0.39, 0.29) is 6.47 Å². The normalized spacial score (nSPS) is 12.2. The Morgan fingerprint density at radius 2 is 2.44 bits per heavy atom. The van der Waals surface area contributed by atoms with Crippen LogP contribution in [0.4, 0.5) is 0 Å². The highest BCUT2D eigenvalue weighted by atomic mass is 16.6. The molecule has 52 valence electrons. The molecule has 0 aromatic rings. The van der Waals surface area contributed by atoms with Crippen molar-refractivity contribution in [1.29, 1.82) is 0 Å². The molecule has 0 bridgehead atoms. The Labute approximate surface area is 51.6 Å². The second-order valence-corrected chi connectivity index (χ2v) is 1.37. The van der Waals surface area contributed by atoms with Gasteiger partial charge in [-0.05, 0) is 6.92 Å². The Hall–Kier alpha value is -0.940. The first-order valence-electron chi connectivity index (χ1n) is 2.24. The van der Waals surface area contributed by atoms with E-state index >= 15 is 0 Å². The second-order valence-electron chi connectivity index (χ2n) is 1.37. The van der Waals surface area contributed by atoms with E-state index in [0.717, 1.165) is 0 Å². The number of esters is 1. The number of nitrogens with one attached hydrogen (secondary N) is 1. The Morgan fingerprint density at radius 1 is 1.89 bits per heavy atom. The van der Waals surface area contributed by atoms with E-state index in [1.165, 1.54) is 12.4 Å². The van der Waals surface area contributed by atoms with Crippen molar-refractivity contribution in [3.63, 3.8) is 0 Å². The zero-order chi connectivity index (χ0) is 7.28. The van der Waals surface area contributed by atoms with Crippen LogP contribution in [0.2, 0.25) is 0 Å². The van der Waals surface area contributed by atoms with Gasteiger partial charge in [0.15, 0.2) is 0 Å². The van der Waals surface area contributed by atoms with E-state index in [4.69, 9.17) is 0 Å². The predicted octanol–water partition coefficient (Wildman–Crippen LogP) is -0.838. The summed E-state index contributed by atoms with van der Waals surface area (Å²) in [6, 6.07) is -0.977. The summed E-state index contributed by atoms with van der Waals surface area (Å²) in [5.74, 6) is -0.875. The first-order valence-corrected chi connectivity index (χ1v) is 2.24. The predicted molar refractivity (Wildman–Crippen MR) is 28.1 cm³/mol. The van der Waals surface area contributed by atoms with Crippen LogP contribution in [0.3, 0.4) is 0 Å². The van der Waals surface area contributed by atoms with Crippen molar-refractivity contribution in [3.8, 4) is 0 Å². The Kier molecular flexibility index (Phi) is 3.57. The molecule has 0 radical (unpaired) electrons. The summed E-state index contributed by atoms with van der Waals surface area (Å²) in [4.78, 5) is 19.7. The minimum Gasteiger partial charge on any atom is -0.787 e. The average Bonchev–Trinajstić information content (AvgIpc) is 1.87. The second kappa shape index (κ2) is 3.99.